The van der Waals surface area contributed by atoms with Gasteiger partial charge in [-0.25, -0.2) is 15.0 Å². The van der Waals surface area contributed by atoms with Crippen LogP contribution in [0.15, 0.2) is 46.5 Å². The second-order valence-electron chi connectivity index (χ2n) is 8.71. The van der Waals surface area contributed by atoms with Gasteiger partial charge in [0.05, 0.1) is 16.7 Å². The average Bonchev–Trinajstić information content (AvgIpc) is 3.55. The molecule has 0 bridgehead atoms. The van der Waals surface area contributed by atoms with Crippen LogP contribution in [-0.4, -0.2) is 84.6 Å². The highest BCUT2D eigenvalue weighted by molar-refractivity contribution is 9.10. The van der Waals surface area contributed by atoms with Gasteiger partial charge < -0.3 is 14.8 Å². The first-order valence-corrected chi connectivity index (χ1v) is 13.0. The van der Waals surface area contributed by atoms with Gasteiger partial charge in [-0.3, -0.25) is 14.6 Å². The number of fused-ring (bicyclic) bond motifs is 1. The number of halogens is 1. The van der Waals surface area contributed by atoms with Crippen LogP contribution in [0.5, 0.6) is 0 Å². The molecule has 1 aliphatic rings. The Hall–Kier alpha value is -3.02. The number of hydrogen-bond acceptors (Lipinski definition) is 8. The number of carbonyl (C=O) groups excluding carboxylic acids is 1. The Bertz CT molecular complexity index is 1310. The van der Waals surface area contributed by atoms with Crippen molar-refractivity contribution in [2.24, 2.45) is 0 Å². The molecule has 3 aromatic heterocycles. The smallest absolute Gasteiger partial charge is 0.242 e. The number of amides is 1. The maximum atomic E-state index is 12.7. The largest absolute Gasteiger partial charge is 0.378 e. The van der Waals surface area contributed by atoms with E-state index < -0.39 is 0 Å². The van der Waals surface area contributed by atoms with Crippen LogP contribution in [-0.2, 0) is 4.79 Å². The van der Waals surface area contributed by atoms with Crippen molar-refractivity contribution < 1.29 is 4.79 Å². The molecule has 182 valence electrons. The molecule has 35 heavy (non-hydrogen) atoms. The van der Waals surface area contributed by atoms with Crippen LogP contribution in [0.1, 0.15) is 0 Å². The van der Waals surface area contributed by atoms with E-state index in [2.05, 4.69) is 69.8 Å². The number of pyridine rings is 1. The Labute approximate surface area is 216 Å². The zero-order chi connectivity index (χ0) is 24.5. The van der Waals surface area contributed by atoms with Gasteiger partial charge >= 0.3 is 0 Å². The molecule has 1 aliphatic heterocycles. The molecule has 5 rings (SSSR count). The van der Waals surface area contributed by atoms with Crippen LogP contribution in [0.25, 0.3) is 22.6 Å². The van der Waals surface area contributed by atoms with E-state index in [-0.39, 0.29) is 5.91 Å². The second-order valence-corrected chi connectivity index (χ2v) is 10.4. The van der Waals surface area contributed by atoms with E-state index in [1.54, 1.807) is 18.1 Å². The Balaban J connectivity index is 1.31. The van der Waals surface area contributed by atoms with Crippen LogP contribution in [0.3, 0.4) is 0 Å². The van der Waals surface area contributed by atoms with E-state index in [0.717, 1.165) is 69.7 Å². The first-order valence-electron chi connectivity index (χ1n) is 11.4. The zero-order valence-corrected chi connectivity index (χ0v) is 22.3. The summed E-state index contributed by atoms with van der Waals surface area (Å²) < 4.78 is 0.916. The number of hydrogen-bond donors (Lipinski definition) is 1. The van der Waals surface area contributed by atoms with E-state index in [0.29, 0.717) is 6.54 Å². The molecular formula is C24H27BrN8OS. The molecule has 1 aromatic carbocycles. The first kappa shape index (κ1) is 23.7. The number of imidazole rings is 1. The lowest BCUT2D eigenvalue weighted by molar-refractivity contribution is -0.119. The maximum absolute atomic E-state index is 12.7. The van der Waals surface area contributed by atoms with Crippen molar-refractivity contribution in [3.63, 3.8) is 0 Å². The highest BCUT2D eigenvalue weighted by Gasteiger charge is 2.25. The van der Waals surface area contributed by atoms with Gasteiger partial charge in [-0.05, 0) is 40.2 Å². The SMILES string of the molecule is CN(C)c1ccc(-c2nc3c(N4CCN(CC(=O)N(C)c5nccs5)CC4)c(Br)cnc3[nH]2)cc1. The van der Waals surface area contributed by atoms with Gasteiger partial charge in [-0.1, -0.05) is 0 Å². The summed E-state index contributed by atoms with van der Waals surface area (Å²) >= 11 is 5.16. The van der Waals surface area contributed by atoms with Crippen molar-refractivity contribution >= 4 is 60.8 Å². The van der Waals surface area contributed by atoms with Crippen molar-refractivity contribution in [3.8, 4) is 11.4 Å². The summed E-state index contributed by atoms with van der Waals surface area (Å²) in [7, 11) is 5.84. The molecule has 11 heteroatoms. The predicted octanol–water partition coefficient (Wildman–Crippen LogP) is 3.69. The molecule has 9 nitrogen and oxygen atoms in total. The number of aromatic nitrogens is 4. The van der Waals surface area contributed by atoms with E-state index in [9.17, 15) is 4.79 Å². The Morgan fingerprint density at radius 2 is 1.86 bits per heavy atom. The van der Waals surface area contributed by atoms with Gasteiger partial charge in [-0.15, -0.1) is 11.3 Å². The van der Waals surface area contributed by atoms with E-state index in [1.165, 1.54) is 11.3 Å². The third-order valence-electron chi connectivity index (χ3n) is 6.23. The number of piperazine rings is 1. The van der Waals surface area contributed by atoms with E-state index in [1.807, 2.05) is 25.7 Å². The van der Waals surface area contributed by atoms with Crippen molar-refractivity contribution in [1.29, 1.82) is 0 Å². The third kappa shape index (κ3) is 4.89. The molecule has 1 amide bonds. The fraction of sp³-hybridized carbons (Fsp3) is 0.333. The molecule has 4 heterocycles. The monoisotopic (exact) mass is 554 g/mol. The molecule has 4 aromatic rings. The van der Waals surface area contributed by atoms with Crippen LogP contribution < -0.4 is 14.7 Å². The molecule has 0 unspecified atom stereocenters. The standard InChI is InChI=1S/C24H27BrN8OS/c1-30(2)17-6-4-16(5-7-17)22-28-20-21(18(25)14-27-23(20)29-22)33-11-9-32(10-12-33)15-19(34)31(3)24-26-8-13-35-24/h4-8,13-14H,9-12,15H2,1-3H3,(H,27,28,29). The second kappa shape index (κ2) is 9.92. The molecule has 0 atom stereocenters. The van der Waals surface area contributed by atoms with E-state index in [4.69, 9.17) is 4.98 Å². The summed E-state index contributed by atoms with van der Waals surface area (Å²) in [5, 5.41) is 2.60. The molecule has 0 saturated carbocycles. The maximum Gasteiger partial charge on any atom is 0.242 e. The number of rotatable bonds is 6. The van der Waals surface area contributed by atoms with Crippen LogP contribution in [0.2, 0.25) is 0 Å². The topological polar surface area (TPSA) is 84.5 Å². The molecule has 0 aliphatic carbocycles. The van der Waals surface area contributed by atoms with Crippen molar-refractivity contribution in [3.05, 3.63) is 46.5 Å². The molecule has 0 radical (unpaired) electrons. The predicted molar refractivity (Wildman–Crippen MR) is 146 cm³/mol. The molecule has 1 N–H and O–H groups in total. The number of nitrogens with one attached hydrogen (secondary N) is 1. The third-order valence-corrected chi connectivity index (χ3v) is 7.66. The number of aromatic amines is 1. The molecule has 1 fully saturated rings. The zero-order valence-electron chi connectivity index (χ0n) is 19.9. The van der Waals surface area contributed by atoms with Gasteiger partial charge in [-0.2, -0.15) is 0 Å². The van der Waals surface area contributed by atoms with E-state index >= 15 is 0 Å². The first-order chi connectivity index (χ1) is 16.9. The fourth-order valence-electron chi connectivity index (χ4n) is 4.19. The van der Waals surface area contributed by atoms with Gasteiger partial charge in [0, 0.05) is 76.3 Å². The van der Waals surface area contributed by atoms with Crippen molar-refractivity contribution in [2.45, 2.75) is 0 Å². The number of benzene rings is 1. The minimum atomic E-state index is 0.0538. The summed E-state index contributed by atoms with van der Waals surface area (Å²) in [5.41, 5.74) is 4.80. The van der Waals surface area contributed by atoms with Crippen molar-refractivity contribution in [1.82, 2.24) is 24.8 Å². The minimum absolute atomic E-state index is 0.0538. The van der Waals surface area contributed by atoms with Crippen LogP contribution in [0.4, 0.5) is 16.5 Å². The van der Waals surface area contributed by atoms with Gasteiger partial charge in [0.25, 0.3) is 0 Å². The lowest BCUT2D eigenvalue weighted by Crippen LogP contribution is -2.50. The highest BCUT2D eigenvalue weighted by atomic mass is 79.9. The number of anilines is 3. The Morgan fingerprint density at radius 3 is 2.51 bits per heavy atom. The molecular weight excluding hydrogens is 528 g/mol. The number of carbonyl (C=O) groups is 1. The number of likely N-dealkylation sites (N-methyl/N-ethyl adjacent to an activating group) is 1. The molecule has 0 spiro atoms. The summed E-state index contributed by atoms with van der Waals surface area (Å²) in [6.45, 7) is 3.55. The van der Waals surface area contributed by atoms with Crippen LogP contribution in [0, 0.1) is 0 Å². The summed E-state index contributed by atoms with van der Waals surface area (Å²) in [5.74, 6) is 0.852. The quantitative estimate of drug-likeness (QED) is 0.389. The summed E-state index contributed by atoms with van der Waals surface area (Å²) in [4.78, 5) is 38.0. The minimum Gasteiger partial charge on any atom is -0.378 e. The molecule has 1 saturated heterocycles. The van der Waals surface area contributed by atoms with Crippen molar-refractivity contribution in [2.75, 3.05) is 68.6 Å². The highest BCUT2D eigenvalue weighted by Crippen LogP contribution is 2.34. The number of nitrogens with zero attached hydrogens (tertiary/aromatic N) is 7. The average molecular weight is 556 g/mol. The normalized spacial score (nSPS) is 14.5. The Morgan fingerprint density at radius 1 is 1.11 bits per heavy atom. The summed E-state index contributed by atoms with van der Waals surface area (Å²) in [6, 6.07) is 8.30. The van der Waals surface area contributed by atoms with Gasteiger partial charge in [0.15, 0.2) is 10.8 Å². The summed E-state index contributed by atoms with van der Waals surface area (Å²) in [6.07, 6.45) is 3.54. The Kier molecular flexibility index (Phi) is 6.72. The van der Waals surface area contributed by atoms with Crippen LogP contribution >= 0.6 is 27.3 Å². The number of thiazole rings is 1. The number of H-pyrrole nitrogens is 1. The fourth-order valence-corrected chi connectivity index (χ4v) is 5.35. The van der Waals surface area contributed by atoms with Gasteiger partial charge in [0.1, 0.15) is 11.3 Å². The lowest BCUT2D eigenvalue weighted by Gasteiger charge is -2.36. The lowest BCUT2D eigenvalue weighted by atomic mass is 10.2. The van der Waals surface area contributed by atoms with Gasteiger partial charge in [0.2, 0.25) is 5.91 Å².